The van der Waals surface area contributed by atoms with E-state index in [0.717, 1.165) is 71.6 Å². The van der Waals surface area contributed by atoms with Crippen LogP contribution in [0.5, 0.6) is 0 Å². The zero-order chi connectivity index (χ0) is 25.2. The van der Waals surface area contributed by atoms with Crippen molar-refractivity contribution in [3.63, 3.8) is 0 Å². The number of nitrogens with zero attached hydrogens (tertiary/aromatic N) is 5. The fraction of sp³-hybridized carbons (Fsp3) is 0.414. The normalized spacial score (nSPS) is 19.8. The second kappa shape index (κ2) is 10.1. The van der Waals surface area contributed by atoms with E-state index in [1.165, 1.54) is 0 Å². The highest BCUT2D eigenvalue weighted by Crippen LogP contribution is 2.36. The first kappa shape index (κ1) is 23.9. The Labute approximate surface area is 211 Å². The Morgan fingerprint density at radius 3 is 2.83 bits per heavy atom. The molecule has 3 heterocycles. The molecule has 1 fully saturated rings. The van der Waals surface area contributed by atoms with E-state index in [4.69, 9.17) is 0 Å². The average Bonchev–Trinajstić information content (AvgIpc) is 3.50. The van der Waals surface area contributed by atoms with Gasteiger partial charge in [-0.15, -0.1) is 0 Å². The standard InChI is InChI=1S/C29H32N6O/c1-18(2)32-27-14-23(29-10-8-24-13-21(16-30)17-31-35(24)29)7-9-25(27)28-15-26(33-34-28)22-6-4-5-20(12-22)11-19(3)36/h7-10,13-14,17-18,20,22,32H,4-6,11-12,15H2,1-3H3. The molecule has 1 aromatic carbocycles. The van der Waals surface area contributed by atoms with Gasteiger partial charge in [-0.3, -0.25) is 0 Å². The Kier molecular flexibility index (Phi) is 6.69. The molecule has 0 bridgehead atoms. The Balaban J connectivity index is 1.39. The van der Waals surface area contributed by atoms with Crippen molar-refractivity contribution < 1.29 is 4.79 Å². The van der Waals surface area contributed by atoms with Crippen molar-refractivity contribution >= 4 is 28.4 Å². The lowest BCUT2D eigenvalue weighted by atomic mass is 9.76. The van der Waals surface area contributed by atoms with Crippen LogP contribution in [0.2, 0.25) is 0 Å². The van der Waals surface area contributed by atoms with E-state index in [1.54, 1.807) is 13.1 Å². The van der Waals surface area contributed by atoms with Crippen LogP contribution in [0.25, 0.3) is 16.8 Å². The Bertz CT molecular complexity index is 1410. The molecular weight excluding hydrogens is 448 g/mol. The first-order valence-electron chi connectivity index (χ1n) is 12.8. The summed E-state index contributed by atoms with van der Waals surface area (Å²) in [5, 5.41) is 26.5. The average molecular weight is 481 g/mol. The lowest BCUT2D eigenvalue weighted by Gasteiger charge is -2.28. The zero-order valence-electron chi connectivity index (χ0n) is 21.2. The summed E-state index contributed by atoms with van der Waals surface area (Å²) in [6.45, 7) is 5.95. The second-order valence-electron chi connectivity index (χ2n) is 10.4. The van der Waals surface area contributed by atoms with Crippen molar-refractivity contribution in [3.05, 3.63) is 53.7 Å². The quantitative estimate of drug-likeness (QED) is 0.447. The third-order valence-electron chi connectivity index (χ3n) is 7.18. The van der Waals surface area contributed by atoms with E-state index in [9.17, 15) is 10.1 Å². The molecule has 36 heavy (non-hydrogen) atoms. The van der Waals surface area contributed by atoms with Crippen molar-refractivity contribution in [2.45, 2.75) is 65.3 Å². The van der Waals surface area contributed by atoms with Crippen LogP contribution < -0.4 is 5.32 Å². The maximum absolute atomic E-state index is 11.6. The molecule has 2 aromatic heterocycles. The highest BCUT2D eigenvalue weighted by atomic mass is 16.1. The first-order valence-corrected chi connectivity index (χ1v) is 12.8. The molecule has 2 aliphatic rings. The van der Waals surface area contributed by atoms with E-state index in [2.05, 4.69) is 58.7 Å². The number of carbonyl (C=O) groups is 1. The van der Waals surface area contributed by atoms with E-state index >= 15 is 0 Å². The van der Waals surface area contributed by atoms with Crippen LogP contribution >= 0.6 is 0 Å². The van der Waals surface area contributed by atoms with Gasteiger partial charge in [-0.05, 0) is 76.1 Å². The van der Waals surface area contributed by atoms with Crippen molar-refractivity contribution in [1.82, 2.24) is 9.61 Å². The molecule has 1 saturated carbocycles. The monoisotopic (exact) mass is 480 g/mol. The molecule has 7 heteroatoms. The van der Waals surface area contributed by atoms with Crippen LogP contribution in [-0.2, 0) is 4.79 Å². The summed E-state index contributed by atoms with van der Waals surface area (Å²) in [4.78, 5) is 11.6. The summed E-state index contributed by atoms with van der Waals surface area (Å²) in [5.41, 5.74) is 7.70. The second-order valence-corrected chi connectivity index (χ2v) is 10.4. The van der Waals surface area contributed by atoms with Gasteiger partial charge in [0.1, 0.15) is 11.9 Å². The maximum Gasteiger partial charge on any atom is 0.130 e. The van der Waals surface area contributed by atoms with Crippen molar-refractivity contribution in [2.24, 2.45) is 22.0 Å². The van der Waals surface area contributed by atoms with Gasteiger partial charge in [0.15, 0.2) is 0 Å². The fourth-order valence-corrected chi connectivity index (χ4v) is 5.59. The predicted molar refractivity (Wildman–Crippen MR) is 143 cm³/mol. The number of hydrogen-bond donors (Lipinski definition) is 1. The van der Waals surface area contributed by atoms with Crippen LogP contribution in [0.3, 0.4) is 0 Å². The summed E-state index contributed by atoms with van der Waals surface area (Å²) < 4.78 is 1.86. The number of aromatic nitrogens is 2. The number of nitriles is 1. The molecule has 184 valence electrons. The Morgan fingerprint density at radius 2 is 2.06 bits per heavy atom. The number of benzene rings is 1. The van der Waals surface area contributed by atoms with E-state index in [1.807, 2.05) is 22.7 Å². The lowest BCUT2D eigenvalue weighted by Crippen LogP contribution is -2.24. The number of Topliss-reactive ketones (excluding diaryl/α,β-unsaturated/α-hetero) is 1. The molecule has 2 atom stereocenters. The van der Waals surface area contributed by atoms with Crippen LogP contribution in [0.4, 0.5) is 5.69 Å². The Hall–Kier alpha value is -3.79. The molecule has 0 spiro atoms. The molecule has 0 saturated heterocycles. The van der Waals surface area contributed by atoms with Gasteiger partial charge in [-0.2, -0.15) is 20.6 Å². The van der Waals surface area contributed by atoms with Gasteiger partial charge in [-0.25, -0.2) is 4.52 Å². The van der Waals surface area contributed by atoms with Crippen molar-refractivity contribution in [1.29, 1.82) is 5.26 Å². The summed E-state index contributed by atoms with van der Waals surface area (Å²) in [6.07, 6.45) is 7.51. The molecule has 1 N–H and O–H groups in total. The maximum atomic E-state index is 11.6. The van der Waals surface area contributed by atoms with Crippen LogP contribution in [0, 0.1) is 23.2 Å². The number of hydrogen-bond acceptors (Lipinski definition) is 6. The summed E-state index contributed by atoms with van der Waals surface area (Å²) in [7, 11) is 0. The molecule has 0 amide bonds. The summed E-state index contributed by atoms with van der Waals surface area (Å²) >= 11 is 0. The molecule has 3 aromatic rings. The largest absolute Gasteiger partial charge is 0.382 e. The number of anilines is 1. The summed E-state index contributed by atoms with van der Waals surface area (Å²) in [5.74, 6) is 1.17. The predicted octanol–water partition coefficient (Wildman–Crippen LogP) is 6.03. The SMILES string of the molecule is CC(=O)CC1CCCC(C2=NN=C(c3ccc(-c4ccc5cc(C#N)cnn45)cc3NC(C)C)C2)C1. The molecule has 1 aliphatic heterocycles. The number of nitrogens with one attached hydrogen (secondary N) is 1. The number of rotatable bonds is 7. The molecule has 0 radical (unpaired) electrons. The van der Waals surface area contributed by atoms with Gasteiger partial charge < -0.3 is 10.1 Å². The van der Waals surface area contributed by atoms with Crippen LogP contribution in [-0.4, -0.2) is 32.9 Å². The van der Waals surface area contributed by atoms with Crippen LogP contribution in [0.15, 0.2) is 52.8 Å². The number of fused-ring (bicyclic) bond motifs is 1. The molecule has 1 aliphatic carbocycles. The molecular formula is C29H32N6O. The summed E-state index contributed by atoms with van der Waals surface area (Å²) in [6, 6.07) is 14.7. The third kappa shape index (κ3) is 4.94. The topological polar surface area (TPSA) is 94.9 Å². The molecule has 7 nitrogen and oxygen atoms in total. The Morgan fingerprint density at radius 1 is 1.19 bits per heavy atom. The fourth-order valence-electron chi connectivity index (χ4n) is 5.59. The molecule has 2 unspecified atom stereocenters. The minimum Gasteiger partial charge on any atom is -0.382 e. The van der Waals surface area contributed by atoms with Crippen molar-refractivity contribution in [2.75, 3.05) is 5.32 Å². The van der Waals surface area contributed by atoms with E-state index < -0.39 is 0 Å². The van der Waals surface area contributed by atoms with Crippen LogP contribution in [0.1, 0.15) is 70.4 Å². The van der Waals surface area contributed by atoms with E-state index in [0.29, 0.717) is 23.8 Å². The van der Waals surface area contributed by atoms with Gasteiger partial charge in [-0.1, -0.05) is 18.6 Å². The van der Waals surface area contributed by atoms with Gasteiger partial charge in [0.25, 0.3) is 0 Å². The van der Waals surface area contributed by atoms with Crippen molar-refractivity contribution in [3.8, 4) is 17.3 Å². The van der Waals surface area contributed by atoms with Gasteiger partial charge in [0, 0.05) is 41.4 Å². The van der Waals surface area contributed by atoms with Gasteiger partial charge in [0.05, 0.1) is 28.7 Å². The minimum atomic E-state index is 0.257. The first-order chi connectivity index (χ1) is 17.4. The van der Waals surface area contributed by atoms with Gasteiger partial charge >= 0.3 is 0 Å². The zero-order valence-corrected chi connectivity index (χ0v) is 21.2. The highest BCUT2D eigenvalue weighted by Gasteiger charge is 2.30. The molecule has 5 rings (SSSR count). The van der Waals surface area contributed by atoms with Gasteiger partial charge in [0.2, 0.25) is 0 Å². The van der Waals surface area contributed by atoms with E-state index in [-0.39, 0.29) is 11.8 Å². The third-order valence-corrected chi connectivity index (χ3v) is 7.18. The highest BCUT2D eigenvalue weighted by molar-refractivity contribution is 6.18. The minimum absolute atomic E-state index is 0.257. The smallest absolute Gasteiger partial charge is 0.130 e. The number of carbonyl (C=O) groups excluding carboxylic acids is 1. The lowest BCUT2D eigenvalue weighted by molar-refractivity contribution is -0.118. The number of ketones is 1.